The zero-order valence-corrected chi connectivity index (χ0v) is 15.4. The van der Waals surface area contributed by atoms with Crippen LogP contribution in [0.3, 0.4) is 0 Å². The van der Waals surface area contributed by atoms with Crippen molar-refractivity contribution in [2.24, 2.45) is 17.8 Å². The first-order valence-corrected chi connectivity index (χ1v) is 8.92. The van der Waals surface area contributed by atoms with Crippen molar-refractivity contribution < 1.29 is 0 Å². The lowest BCUT2D eigenvalue weighted by Gasteiger charge is -2.33. The van der Waals surface area contributed by atoms with Gasteiger partial charge in [-0.3, -0.25) is 0 Å². The molecule has 3 saturated heterocycles. The maximum absolute atomic E-state index is 2.40. The van der Waals surface area contributed by atoms with Crippen molar-refractivity contribution in [3.8, 4) is 0 Å². The Balaban J connectivity index is 0.000000159. The molecule has 0 radical (unpaired) electrons. The molecule has 0 N–H and O–H groups in total. The van der Waals surface area contributed by atoms with Crippen molar-refractivity contribution in [3.05, 3.63) is 0 Å². The summed E-state index contributed by atoms with van der Waals surface area (Å²) in [4.78, 5) is 7.11. The largest absolute Gasteiger partial charge is 0.306 e. The first-order chi connectivity index (χ1) is 9.86. The Morgan fingerprint density at radius 2 is 0.952 bits per heavy atom. The van der Waals surface area contributed by atoms with E-state index in [2.05, 4.69) is 56.6 Å². The second kappa shape index (κ2) is 9.81. The molecule has 1 atom stereocenters. The van der Waals surface area contributed by atoms with E-state index in [-0.39, 0.29) is 0 Å². The van der Waals surface area contributed by atoms with Gasteiger partial charge in [0.25, 0.3) is 0 Å². The van der Waals surface area contributed by atoms with Gasteiger partial charge in [0, 0.05) is 19.6 Å². The van der Waals surface area contributed by atoms with E-state index in [0.717, 1.165) is 17.8 Å². The van der Waals surface area contributed by atoms with Gasteiger partial charge in [-0.05, 0) is 77.8 Å². The third-order valence-corrected chi connectivity index (χ3v) is 4.88. The number of likely N-dealkylation sites (tertiary alicyclic amines) is 3. The van der Waals surface area contributed by atoms with Gasteiger partial charge in [0.2, 0.25) is 0 Å². The third-order valence-electron chi connectivity index (χ3n) is 4.88. The summed E-state index contributed by atoms with van der Waals surface area (Å²) in [5, 5.41) is 0. The predicted molar refractivity (Wildman–Crippen MR) is 93.8 cm³/mol. The van der Waals surface area contributed by atoms with Gasteiger partial charge in [-0.1, -0.05) is 20.8 Å². The topological polar surface area (TPSA) is 9.72 Å². The van der Waals surface area contributed by atoms with Crippen LogP contribution >= 0.6 is 0 Å². The molecule has 0 amide bonds. The molecule has 3 heterocycles. The summed E-state index contributed by atoms with van der Waals surface area (Å²) in [6.45, 7) is 14.8. The van der Waals surface area contributed by atoms with Crippen LogP contribution in [0.25, 0.3) is 0 Å². The number of hydrogen-bond donors (Lipinski definition) is 0. The van der Waals surface area contributed by atoms with Crippen LogP contribution in [-0.2, 0) is 0 Å². The van der Waals surface area contributed by atoms with E-state index in [9.17, 15) is 0 Å². The molecule has 3 rings (SSSR count). The van der Waals surface area contributed by atoms with Gasteiger partial charge in [-0.25, -0.2) is 0 Å². The summed E-state index contributed by atoms with van der Waals surface area (Å²) < 4.78 is 0. The number of piperidine rings is 1. The molecule has 3 aliphatic heterocycles. The molecule has 0 saturated carbocycles. The van der Waals surface area contributed by atoms with Crippen molar-refractivity contribution in [1.82, 2.24) is 14.7 Å². The lowest BCUT2D eigenvalue weighted by Crippen LogP contribution is -2.41. The maximum Gasteiger partial charge on any atom is 0.00163 e. The average molecular weight is 298 g/mol. The SMILES string of the molecule is CC1CCN(C)C1.CC1CCN(C)CC1.CC1CN(C)C1. The molecule has 0 aromatic carbocycles. The van der Waals surface area contributed by atoms with Gasteiger partial charge >= 0.3 is 0 Å². The lowest BCUT2D eigenvalue weighted by molar-refractivity contribution is 0.149. The van der Waals surface area contributed by atoms with Crippen LogP contribution < -0.4 is 0 Å². The first kappa shape index (κ1) is 18.9. The van der Waals surface area contributed by atoms with E-state index < -0.39 is 0 Å². The monoisotopic (exact) mass is 297 g/mol. The molecular weight excluding hydrogens is 258 g/mol. The van der Waals surface area contributed by atoms with Gasteiger partial charge in [0.1, 0.15) is 0 Å². The second-order valence-corrected chi connectivity index (χ2v) is 7.97. The van der Waals surface area contributed by atoms with Crippen molar-refractivity contribution in [2.45, 2.75) is 40.0 Å². The smallest absolute Gasteiger partial charge is 0.00163 e. The van der Waals surface area contributed by atoms with Crippen molar-refractivity contribution in [3.63, 3.8) is 0 Å². The summed E-state index contributed by atoms with van der Waals surface area (Å²) in [6, 6.07) is 0. The fourth-order valence-corrected chi connectivity index (χ4v) is 3.30. The van der Waals surface area contributed by atoms with E-state index in [0.29, 0.717) is 0 Å². The molecule has 126 valence electrons. The molecule has 21 heavy (non-hydrogen) atoms. The van der Waals surface area contributed by atoms with E-state index in [1.807, 2.05) is 0 Å². The van der Waals surface area contributed by atoms with Gasteiger partial charge in [0.15, 0.2) is 0 Å². The highest BCUT2D eigenvalue weighted by atomic mass is 15.2. The zero-order chi connectivity index (χ0) is 15.8. The highest BCUT2D eigenvalue weighted by Gasteiger charge is 2.16. The zero-order valence-electron chi connectivity index (χ0n) is 15.4. The van der Waals surface area contributed by atoms with E-state index >= 15 is 0 Å². The highest BCUT2D eigenvalue weighted by Crippen LogP contribution is 2.13. The van der Waals surface area contributed by atoms with Crippen molar-refractivity contribution in [1.29, 1.82) is 0 Å². The van der Waals surface area contributed by atoms with Crippen molar-refractivity contribution in [2.75, 3.05) is 60.4 Å². The number of hydrogen-bond acceptors (Lipinski definition) is 3. The first-order valence-electron chi connectivity index (χ1n) is 8.92. The summed E-state index contributed by atoms with van der Waals surface area (Å²) in [7, 11) is 6.54. The second-order valence-electron chi connectivity index (χ2n) is 7.97. The summed E-state index contributed by atoms with van der Waals surface area (Å²) >= 11 is 0. The Kier molecular flexibility index (Phi) is 8.84. The van der Waals surface area contributed by atoms with Crippen LogP contribution in [0.4, 0.5) is 0 Å². The molecule has 0 spiro atoms. The molecule has 0 aromatic heterocycles. The molecule has 1 unspecified atom stereocenters. The van der Waals surface area contributed by atoms with Gasteiger partial charge in [-0.15, -0.1) is 0 Å². The molecular formula is C18H39N3. The van der Waals surface area contributed by atoms with Gasteiger partial charge < -0.3 is 14.7 Å². The lowest BCUT2D eigenvalue weighted by atomic mass is 10.00. The molecule has 3 aliphatic rings. The predicted octanol–water partition coefficient (Wildman–Crippen LogP) is 2.87. The maximum atomic E-state index is 2.40. The fraction of sp³-hybridized carbons (Fsp3) is 1.00. The molecule has 0 aromatic rings. The number of rotatable bonds is 0. The molecule has 3 fully saturated rings. The highest BCUT2D eigenvalue weighted by molar-refractivity contribution is 4.71. The summed E-state index contributed by atoms with van der Waals surface area (Å²) in [5.74, 6) is 2.89. The van der Waals surface area contributed by atoms with Gasteiger partial charge in [0.05, 0.1) is 0 Å². The van der Waals surface area contributed by atoms with Crippen LogP contribution in [0.2, 0.25) is 0 Å². The Hall–Kier alpha value is -0.120. The Morgan fingerprint density at radius 1 is 0.524 bits per heavy atom. The molecule has 0 bridgehead atoms. The van der Waals surface area contributed by atoms with E-state index in [4.69, 9.17) is 0 Å². The number of nitrogens with zero attached hydrogens (tertiary/aromatic N) is 3. The van der Waals surface area contributed by atoms with E-state index in [1.165, 1.54) is 58.5 Å². The van der Waals surface area contributed by atoms with Crippen LogP contribution in [0.15, 0.2) is 0 Å². The minimum absolute atomic E-state index is 0.949. The molecule has 3 nitrogen and oxygen atoms in total. The Bertz CT molecular complexity index is 231. The third kappa shape index (κ3) is 8.80. The van der Waals surface area contributed by atoms with Crippen LogP contribution in [0, 0.1) is 17.8 Å². The molecule has 0 aliphatic carbocycles. The average Bonchev–Trinajstić information content (AvgIpc) is 2.77. The molecule has 3 heteroatoms. The van der Waals surface area contributed by atoms with Crippen LogP contribution in [-0.4, -0.2) is 75.1 Å². The summed E-state index contributed by atoms with van der Waals surface area (Å²) in [6.07, 6.45) is 4.20. The van der Waals surface area contributed by atoms with Gasteiger partial charge in [-0.2, -0.15) is 0 Å². The summed E-state index contributed by atoms with van der Waals surface area (Å²) in [5.41, 5.74) is 0. The standard InChI is InChI=1S/C7H15N.C6H13N.C5H11N/c1-7-3-5-8(2)6-4-7;1-6-3-4-7(2)5-6;1-5-3-6(2)4-5/h7H,3-6H2,1-2H3;6H,3-5H2,1-2H3;5H,3-4H2,1-2H3. The minimum atomic E-state index is 0.949. The van der Waals surface area contributed by atoms with Crippen molar-refractivity contribution >= 4 is 0 Å². The van der Waals surface area contributed by atoms with Crippen LogP contribution in [0.5, 0.6) is 0 Å². The Labute approximate surface area is 133 Å². The quantitative estimate of drug-likeness (QED) is 0.681. The normalized spacial score (nSPS) is 29.1. The minimum Gasteiger partial charge on any atom is -0.306 e. The Morgan fingerprint density at radius 3 is 1.14 bits per heavy atom. The fourth-order valence-electron chi connectivity index (χ4n) is 3.30. The van der Waals surface area contributed by atoms with Crippen LogP contribution in [0.1, 0.15) is 40.0 Å². The van der Waals surface area contributed by atoms with E-state index in [1.54, 1.807) is 0 Å².